The van der Waals surface area contributed by atoms with E-state index >= 15 is 0 Å². The fourth-order valence-corrected chi connectivity index (χ4v) is 1.66. The second kappa shape index (κ2) is 5.91. The average Bonchev–Trinajstić information content (AvgIpc) is 2.88. The Morgan fingerprint density at radius 1 is 1.22 bits per heavy atom. The second-order valence-corrected chi connectivity index (χ2v) is 3.98. The highest BCUT2D eigenvalue weighted by atomic mass is 16.3. The van der Waals surface area contributed by atoms with Gasteiger partial charge in [-0.05, 0) is 30.2 Å². The molecule has 0 spiro atoms. The van der Waals surface area contributed by atoms with Gasteiger partial charge >= 0.3 is 0 Å². The lowest BCUT2D eigenvalue weighted by Crippen LogP contribution is -2.22. The number of amides is 1. The summed E-state index contributed by atoms with van der Waals surface area (Å²) in [5, 5.41) is 12.3. The first-order valence-electron chi connectivity index (χ1n) is 5.81. The van der Waals surface area contributed by atoms with Crippen molar-refractivity contribution in [3.8, 4) is 5.75 Å². The smallest absolute Gasteiger partial charge is 0.220 e. The van der Waals surface area contributed by atoms with E-state index in [0.29, 0.717) is 19.4 Å². The van der Waals surface area contributed by atoms with Gasteiger partial charge in [0, 0.05) is 6.42 Å². The molecular formula is C14H15NO3. The van der Waals surface area contributed by atoms with Crippen LogP contribution in [-0.4, -0.2) is 11.0 Å². The molecule has 0 fully saturated rings. The summed E-state index contributed by atoms with van der Waals surface area (Å²) in [6.45, 7) is 0.395. The maximum atomic E-state index is 11.6. The van der Waals surface area contributed by atoms with Gasteiger partial charge in [0.1, 0.15) is 11.5 Å². The van der Waals surface area contributed by atoms with Crippen molar-refractivity contribution < 1.29 is 14.3 Å². The van der Waals surface area contributed by atoms with Crippen LogP contribution in [0.25, 0.3) is 0 Å². The number of hydrogen-bond donors (Lipinski definition) is 2. The highest BCUT2D eigenvalue weighted by molar-refractivity contribution is 5.76. The van der Waals surface area contributed by atoms with Crippen LogP contribution >= 0.6 is 0 Å². The SMILES string of the molecule is O=C(CCc1ccccc1O)NCc1ccco1. The lowest BCUT2D eigenvalue weighted by Gasteiger charge is -2.05. The standard InChI is InChI=1S/C14H15NO3/c16-13-6-2-1-4-11(13)7-8-14(17)15-10-12-5-3-9-18-12/h1-6,9,16H,7-8,10H2,(H,15,17). The molecule has 0 aliphatic rings. The summed E-state index contributed by atoms with van der Waals surface area (Å²) in [6, 6.07) is 10.6. The van der Waals surface area contributed by atoms with Gasteiger partial charge in [0.05, 0.1) is 12.8 Å². The van der Waals surface area contributed by atoms with Crippen molar-refractivity contribution in [2.75, 3.05) is 0 Å². The number of para-hydroxylation sites is 1. The van der Waals surface area contributed by atoms with Gasteiger partial charge in [-0.25, -0.2) is 0 Å². The quantitative estimate of drug-likeness (QED) is 0.849. The Labute approximate surface area is 105 Å². The van der Waals surface area contributed by atoms with Crippen LogP contribution in [0.15, 0.2) is 47.1 Å². The van der Waals surface area contributed by atoms with Gasteiger partial charge in [-0.3, -0.25) is 4.79 Å². The minimum absolute atomic E-state index is 0.0605. The number of aromatic hydroxyl groups is 1. The van der Waals surface area contributed by atoms with Crippen molar-refractivity contribution in [2.24, 2.45) is 0 Å². The van der Waals surface area contributed by atoms with Crippen LogP contribution in [-0.2, 0) is 17.8 Å². The first kappa shape index (κ1) is 12.2. The molecule has 0 radical (unpaired) electrons. The minimum atomic E-state index is -0.0605. The van der Waals surface area contributed by atoms with Crippen molar-refractivity contribution in [3.63, 3.8) is 0 Å². The summed E-state index contributed by atoms with van der Waals surface area (Å²) in [5.41, 5.74) is 0.783. The maximum Gasteiger partial charge on any atom is 0.220 e. The Bertz CT molecular complexity index is 506. The molecular weight excluding hydrogens is 230 g/mol. The molecule has 2 N–H and O–H groups in total. The van der Waals surface area contributed by atoms with E-state index in [1.807, 2.05) is 18.2 Å². The zero-order valence-electron chi connectivity index (χ0n) is 9.93. The Morgan fingerprint density at radius 2 is 2.06 bits per heavy atom. The molecule has 0 atom stereocenters. The van der Waals surface area contributed by atoms with E-state index in [9.17, 15) is 9.90 Å². The van der Waals surface area contributed by atoms with E-state index < -0.39 is 0 Å². The molecule has 1 heterocycles. The van der Waals surface area contributed by atoms with Gasteiger partial charge in [-0.2, -0.15) is 0 Å². The molecule has 1 amide bonds. The number of rotatable bonds is 5. The topological polar surface area (TPSA) is 62.5 Å². The summed E-state index contributed by atoms with van der Waals surface area (Å²) in [5.74, 6) is 0.900. The Balaban J connectivity index is 1.77. The van der Waals surface area contributed by atoms with Crippen LogP contribution in [0.5, 0.6) is 5.75 Å². The van der Waals surface area contributed by atoms with Gasteiger partial charge in [0.25, 0.3) is 0 Å². The summed E-state index contributed by atoms with van der Waals surface area (Å²) in [4.78, 5) is 11.6. The molecule has 0 aliphatic heterocycles. The minimum Gasteiger partial charge on any atom is -0.508 e. The van der Waals surface area contributed by atoms with E-state index in [0.717, 1.165) is 11.3 Å². The molecule has 2 rings (SSSR count). The lowest BCUT2D eigenvalue weighted by atomic mass is 10.1. The van der Waals surface area contributed by atoms with Crippen LogP contribution in [0.2, 0.25) is 0 Å². The first-order valence-corrected chi connectivity index (χ1v) is 5.81. The van der Waals surface area contributed by atoms with Gasteiger partial charge in [0.2, 0.25) is 5.91 Å². The summed E-state index contributed by atoms with van der Waals surface area (Å²) in [6.07, 6.45) is 2.44. The first-order chi connectivity index (χ1) is 8.75. The summed E-state index contributed by atoms with van der Waals surface area (Å²) >= 11 is 0. The number of furan rings is 1. The van der Waals surface area contributed by atoms with Crippen molar-refractivity contribution in [1.82, 2.24) is 5.32 Å². The third-order valence-corrected chi connectivity index (χ3v) is 2.65. The number of carbonyl (C=O) groups is 1. The monoisotopic (exact) mass is 245 g/mol. The number of aryl methyl sites for hydroxylation is 1. The fraction of sp³-hybridized carbons (Fsp3) is 0.214. The van der Waals surface area contributed by atoms with E-state index in [2.05, 4.69) is 5.32 Å². The van der Waals surface area contributed by atoms with Gasteiger partial charge in [-0.15, -0.1) is 0 Å². The average molecular weight is 245 g/mol. The molecule has 94 valence electrons. The number of carbonyl (C=O) groups excluding carboxylic acids is 1. The Hall–Kier alpha value is -2.23. The highest BCUT2D eigenvalue weighted by Gasteiger charge is 2.05. The molecule has 4 nitrogen and oxygen atoms in total. The maximum absolute atomic E-state index is 11.6. The normalized spacial score (nSPS) is 10.2. The number of hydrogen-bond acceptors (Lipinski definition) is 3. The van der Waals surface area contributed by atoms with Crippen molar-refractivity contribution in [3.05, 3.63) is 54.0 Å². The van der Waals surface area contributed by atoms with Crippen LogP contribution in [0.3, 0.4) is 0 Å². The molecule has 2 aromatic rings. The summed E-state index contributed by atoms with van der Waals surface area (Å²) < 4.78 is 5.11. The lowest BCUT2D eigenvalue weighted by molar-refractivity contribution is -0.121. The van der Waals surface area contributed by atoms with Gasteiger partial charge < -0.3 is 14.8 Å². The van der Waals surface area contributed by atoms with Gasteiger partial charge in [0.15, 0.2) is 0 Å². The summed E-state index contributed by atoms with van der Waals surface area (Å²) in [7, 11) is 0. The van der Waals surface area contributed by atoms with Crippen LogP contribution in [0.4, 0.5) is 0 Å². The highest BCUT2D eigenvalue weighted by Crippen LogP contribution is 2.17. The second-order valence-electron chi connectivity index (χ2n) is 3.98. The largest absolute Gasteiger partial charge is 0.508 e. The van der Waals surface area contributed by atoms with Gasteiger partial charge in [-0.1, -0.05) is 18.2 Å². The fourth-order valence-electron chi connectivity index (χ4n) is 1.66. The van der Waals surface area contributed by atoms with Crippen molar-refractivity contribution >= 4 is 5.91 Å². The predicted molar refractivity (Wildman–Crippen MR) is 67.0 cm³/mol. The molecule has 0 saturated heterocycles. The zero-order chi connectivity index (χ0) is 12.8. The molecule has 1 aromatic carbocycles. The number of phenolic OH excluding ortho intramolecular Hbond substituents is 1. The Kier molecular flexibility index (Phi) is 4.02. The molecule has 0 saturated carbocycles. The van der Waals surface area contributed by atoms with Crippen molar-refractivity contribution in [2.45, 2.75) is 19.4 Å². The van der Waals surface area contributed by atoms with E-state index in [-0.39, 0.29) is 11.7 Å². The van der Waals surface area contributed by atoms with E-state index in [4.69, 9.17) is 4.42 Å². The third kappa shape index (κ3) is 3.38. The van der Waals surface area contributed by atoms with E-state index in [1.165, 1.54) is 0 Å². The number of phenols is 1. The third-order valence-electron chi connectivity index (χ3n) is 2.65. The molecule has 0 bridgehead atoms. The van der Waals surface area contributed by atoms with Crippen LogP contribution in [0.1, 0.15) is 17.7 Å². The molecule has 18 heavy (non-hydrogen) atoms. The Morgan fingerprint density at radius 3 is 2.78 bits per heavy atom. The van der Waals surface area contributed by atoms with Crippen LogP contribution in [0, 0.1) is 0 Å². The molecule has 1 aromatic heterocycles. The van der Waals surface area contributed by atoms with E-state index in [1.54, 1.807) is 24.5 Å². The zero-order valence-corrected chi connectivity index (χ0v) is 9.93. The van der Waals surface area contributed by atoms with Crippen LogP contribution < -0.4 is 5.32 Å². The number of benzene rings is 1. The van der Waals surface area contributed by atoms with Crippen molar-refractivity contribution in [1.29, 1.82) is 0 Å². The molecule has 0 aliphatic carbocycles. The number of nitrogens with one attached hydrogen (secondary N) is 1. The molecule has 0 unspecified atom stereocenters. The predicted octanol–water partition coefficient (Wildman–Crippen LogP) is 2.23. The molecule has 4 heteroatoms.